The van der Waals surface area contributed by atoms with E-state index in [9.17, 15) is 19.2 Å². The molecule has 10 rings (SSSR count). The second-order valence-corrected chi connectivity index (χ2v) is 12.1. The third kappa shape index (κ3) is 3.32. The van der Waals surface area contributed by atoms with Crippen LogP contribution in [0, 0.1) is 0 Å². The van der Waals surface area contributed by atoms with Crippen molar-refractivity contribution in [2.45, 2.75) is 0 Å². The van der Waals surface area contributed by atoms with Crippen LogP contribution in [0.1, 0.15) is 0 Å². The Morgan fingerprint density at radius 2 is 0.729 bits per heavy atom. The van der Waals surface area contributed by atoms with Crippen molar-refractivity contribution in [1.82, 2.24) is 18.1 Å². The van der Waals surface area contributed by atoms with Crippen LogP contribution in [0.3, 0.4) is 0 Å². The molecule has 0 saturated carbocycles. The second kappa shape index (κ2) is 9.37. The van der Waals surface area contributed by atoms with Gasteiger partial charge in [-0.05, 0) is 88.0 Å². The van der Waals surface area contributed by atoms with Gasteiger partial charge >= 0.3 is 0 Å². The molecule has 4 aromatic heterocycles. The summed E-state index contributed by atoms with van der Waals surface area (Å²) in [4.78, 5) is 55.0. The molecule has 0 aliphatic carbocycles. The fourth-order valence-electron chi connectivity index (χ4n) is 7.46. The van der Waals surface area contributed by atoms with E-state index in [1.54, 1.807) is 33.3 Å². The maximum absolute atomic E-state index is 14.1. The van der Waals surface area contributed by atoms with Crippen LogP contribution in [0.15, 0.2) is 153 Å². The predicted molar refractivity (Wildman–Crippen MR) is 189 cm³/mol. The molecule has 0 radical (unpaired) electrons. The average Bonchev–Trinajstić information content (AvgIpc) is 3.81. The molecule has 48 heavy (non-hydrogen) atoms. The molecule has 4 heterocycles. The molecule has 0 atom stereocenters. The minimum Gasteiger partial charge on any atom is -0.267 e. The molecule has 0 amide bonds. The number of benzene rings is 6. The summed E-state index contributed by atoms with van der Waals surface area (Å²) < 4.78 is 5.81. The monoisotopic (exact) mass is 622 g/mol. The van der Waals surface area contributed by atoms with E-state index >= 15 is 0 Å². The zero-order valence-corrected chi connectivity index (χ0v) is 25.1. The molecule has 0 unspecified atom stereocenters. The van der Waals surface area contributed by atoms with E-state index in [0.717, 1.165) is 22.3 Å². The van der Waals surface area contributed by atoms with Gasteiger partial charge < -0.3 is 0 Å². The Morgan fingerprint density at radius 3 is 1.23 bits per heavy atom. The van der Waals surface area contributed by atoms with Crippen molar-refractivity contribution >= 4 is 43.6 Å². The van der Waals surface area contributed by atoms with Gasteiger partial charge in [0.25, 0.3) is 22.2 Å². The normalized spacial score (nSPS) is 12.1. The van der Waals surface area contributed by atoms with Gasteiger partial charge in [0, 0.05) is 0 Å². The third-order valence-electron chi connectivity index (χ3n) is 9.53. The van der Waals surface area contributed by atoms with E-state index < -0.39 is 11.1 Å². The van der Waals surface area contributed by atoms with E-state index in [2.05, 4.69) is 0 Å². The molecule has 226 valence electrons. The molecule has 0 N–H and O–H groups in total. The molecule has 10 aromatic rings. The van der Waals surface area contributed by atoms with Crippen LogP contribution in [0.4, 0.5) is 0 Å². The molecular weight excluding hydrogens is 600 g/mol. The number of rotatable bonds is 3. The Morgan fingerprint density at radius 1 is 0.312 bits per heavy atom. The molecule has 0 aliphatic rings. The topological polar surface area (TPSA) is 85.9 Å². The zero-order chi connectivity index (χ0) is 32.3. The quantitative estimate of drug-likeness (QED) is 0.231. The van der Waals surface area contributed by atoms with Gasteiger partial charge in [-0.2, -0.15) is 9.03 Å². The van der Waals surface area contributed by atoms with Crippen LogP contribution in [-0.4, -0.2) is 18.1 Å². The Labute approximate surface area is 269 Å². The molecule has 0 fully saturated rings. The van der Waals surface area contributed by atoms with Crippen molar-refractivity contribution < 1.29 is 0 Å². The molecule has 0 spiro atoms. The van der Waals surface area contributed by atoms with Crippen molar-refractivity contribution in [3.63, 3.8) is 0 Å². The summed E-state index contributed by atoms with van der Waals surface area (Å²) in [6, 6.07) is 41.6. The fraction of sp³-hybridized carbons (Fsp3) is 0. The lowest BCUT2D eigenvalue weighted by Gasteiger charge is -2.12. The highest BCUT2D eigenvalue weighted by Crippen LogP contribution is 2.37. The van der Waals surface area contributed by atoms with Crippen molar-refractivity contribution in [3.05, 3.63) is 175 Å². The number of nitrogens with zero attached hydrogens (tertiary/aromatic N) is 4. The first-order chi connectivity index (χ1) is 23.5. The number of hydrogen-bond acceptors (Lipinski definition) is 4. The van der Waals surface area contributed by atoms with Gasteiger partial charge in [-0.1, -0.05) is 78.9 Å². The lowest BCUT2D eigenvalue weighted by Crippen LogP contribution is -2.21. The highest BCUT2D eigenvalue weighted by atomic mass is 16.2. The predicted octanol–water partition coefficient (Wildman–Crippen LogP) is 6.32. The summed E-state index contributed by atoms with van der Waals surface area (Å²) >= 11 is 0. The molecule has 0 bridgehead atoms. The molecule has 8 heteroatoms. The molecule has 0 saturated heterocycles. The van der Waals surface area contributed by atoms with Gasteiger partial charge in [0.1, 0.15) is 0 Å². The Hall–Kier alpha value is -6.80. The van der Waals surface area contributed by atoms with Gasteiger partial charge in [0.05, 0.1) is 43.6 Å². The van der Waals surface area contributed by atoms with E-state index in [1.165, 1.54) is 9.03 Å². The SMILES string of the molecule is O=c1c2ccccc2n2c3cccc(-c4cc(-c5ccccc5)cc(-c5cccc6c5c(=O)n5c(=O)c7ccccc7n65)c4)c3c(=O)n12. The molecule has 6 aromatic carbocycles. The molecule has 0 aliphatic heterocycles. The van der Waals surface area contributed by atoms with Crippen LogP contribution >= 0.6 is 0 Å². The molecule has 8 nitrogen and oxygen atoms in total. The summed E-state index contributed by atoms with van der Waals surface area (Å²) in [6.07, 6.45) is 0. The van der Waals surface area contributed by atoms with Crippen molar-refractivity contribution in [3.8, 4) is 33.4 Å². The standard InChI is InChI=1S/C40H22N4O4/c45-37-29-12-4-6-16-31(29)41-33-18-8-14-27(35(33)39(47)43(37)41)25-20-24(23-10-2-1-3-11-23)21-26(22-25)28-15-9-19-34-36(28)40(48)44-38(46)30-13-5-7-17-32(30)42(34)44/h1-22H. The summed E-state index contributed by atoms with van der Waals surface area (Å²) in [5.74, 6) is 0. The zero-order valence-electron chi connectivity index (χ0n) is 25.1. The first-order valence-corrected chi connectivity index (χ1v) is 15.5. The fourth-order valence-corrected chi connectivity index (χ4v) is 7.46. The number of fused-ring (bicyclic) bond motifs is 10. The Kier molecular flexibility index (Phi) is 5.16. The average molecular weight is 623 g/mol. The Bertz CT molecular complexity index is 3010. The second-order valence-electron chi connectivity index (χ2n) is 12.1. The summed E-state index contributed by atoms with van der Waals surface area (Å²) in [5, 5.41) is 1.82. The van der Waals surface area contributed by atoms with E-state index in [-0.39, 0.29) is 11.1 Å². The van der Waals surface area contributed by atoms with Gasteiger partial charge in [-0.25, -0.2) is 9.03 Å². The lowest BCUT2D eigenvalue weighted by atomic mass is 9.91. The highest BCUT2D eigenvalue weighted by Gasteiger charge is 2.23. The largest absolute Gasteiger partial charge is 0.283 e. The number of hydrogen-bond donors (Lipinski definition) is 0. The third-order valence-corrected chi connectivity index (χ3v) is 9.53. The van der Waals surface area contributed by atoms with Crippen LogP contribution in [0.25, 0.3) is 77.0 Å². The summed E-state index contributed by atoms with van der Waals surface area (Å²) in [7, 11) is 0. The number of para-hydroxylation sites is 2. The maximum atomic E-state index is 14.1. The van der Waals surface area contributed by atoms with E-state index in [0.29, 0.717) is 54.7 Å². The van der Waals surface area contributed by atoms with Crippen molar-refractivity contribution in [1.29, 1.82) is 0 Å². The number of aromatic nitrogens is 4. The minimum atomic E-state index is -0.394. The smallest absolute Gasteiger partial charge is 0.267 e. The lowest BCUT2D eigenvalue weighted by molar-refractivity contribution is 0.841. The van der Waals surface area contributed by atoms with Gasteiger partial charge in [0.2, 0.25) is 0 Å². The summed E-state index contributed by atoms with van der Waals surface area (Å²) in [5.41, 5.74) is 5.77. The maximum Gasteiger partial charge on any atom is 0.283 e. The first kappa shape index (κ1) is 26.4. The van der Waals surface area contributed by atoms with Crippen LogP contribution in [0.2, 0.25) is 0 Å². The van der Waals surface area contributed by atoms with Crippen LogP contribution < -0.4 is 22.2 Å². The first-order valence-electron chi connectivity index (χ1n) is 15.5. The minimum absolute atomic E-state index is 0.360. The van der Waals surface area contributed by atoms with Crippen LogP contribution in [-0.2, 0) is 0 Å². The van der Waals surface area contributed by atoms with Gasteiger partial charge in [-0.15, -0.1) is 0 Å². The van der Waals surface area contributed by atoms with Crippen LogP contribution in [0.5, 0.6) is 0 Å². The van der Waals surface area contributed by atoms with Gasteiger partial charge in [-0.3, -0.25) is 19.2 Å². The van der Waals surface area contributed by atoms with Gasteiger partial charge in [0.15, 0.2) is 0 Å². The van der Waals surface area contributed by atoms with Crippen molar-refractivity contribution in [2.24, 2.45) is 0 Å². The Balaban J connectivity index is 1.30. The van der Waals surface area contributed by atoms with E-state index in [4.69, 9.17) is 0 Å². The van der Waals surface area contributed by atoms with E-state index in [1.807, 2.05) is 109 Å². The summed E-state index contributed by atoms with van der Waals surface area (Å²) in [6.45, 7) is 0. The highest BCUT2D eigenvalue weighted by molar-refractivity contribution is 6.01. The van der Waals surface area contributed by atoms with Crippen molar-refractivity contribution in [2.75, 3.05) is 0 Å². The molecular formula is C40H22N4O4.